The van der Waals surface area contributed by atoms with Crippen LogP contribution in [-0.4, -0.2) is 33.5 Å². The normalized spacial score (nSPS) is 9.31. The van der Waals surface area contributed by atoms with Crippen LogP contribution in [0.4, 0.5) is 0 Å². The van der Waals surface area contributed by atoms with Gasteiger partial charge < -0.3 is 24.1 Å². The Morgan fingerprint density at radius 1 is 0.692 bits per heavy atom. The number of phenols is 1. The minimum atomic E-state index is 0. The molecule has 0 aliphatic rings. The van der Waals surface area contributed by atoms with Crippen LogP contribution in [0.5, 0.6) is 28.7 Å². The van der Waals surface area contributed by atoms with Crippen LogP contribution in [0, 0.1) is 0 Å². The summed E-state index contributed by atoms with van der Waals surface area (Å²) < 4.78 is 21.1. The van der Waals surface area contributed by atoms with Gasteiger partial charge in [0.25, 0.3) is 0 Å². The topological polar surface area (TPSA) is 57.2 Å². The molecule has 0 bridgehead atoms. The van der Waals surface area contributed by atoms with E-state index in [-0.39, 0.29) is 13.2 Å². The third kappa shape index (κ3) is 5.76. The van der Waals surface area contributed by atoms with Crippen molar-refractivity contribution in [1.82, 2.24) is 0 Å². The number of phenolic OH excluding ortho intramolecular Hbond substituents is 1. The summed E-state index contributed by atoms with van der Waals surface area (Å²) in [6, 6.07) is 9.29. The lowest BCUT2D eigenvalue weighted by molar-refractivity contribution is 0.324. The summed E-state index contributed by atoms with van der Waals surface area (Å²) in [5, 5.41) is 9.84. The van der Waals surface area contributed by atoms with E-state index in [2.05, 4.69) is 0 Å². The third-order valence-corrected chi connectivity index (χ3v) is 3.67. The van der Waals surface area contributed by atoms with Crippen LogP contribution >= 0.6 is 0 Å². The lowest BCUT2D eigenvalue weighted by Gasteiger charge is -2.14. The minimum absolute atomic E-state index is 0. The molecule has 5 nitrogen and oxygen atoms in total. The molecular weight excluding hydrogens is 332 g/mol. The Bertz CT molecular complexity index is 642. The highest BCUT2D eigenvalue weighted by atomic mass is 16.5. The molecule has 1 N–H and O–H groups in total. The third-order valence-electron chi connectivity index (χ3n) is 3.67. The monoisotopic (exact) mass is 364 g/mol. The predicted octanol–water partition coefficient (Wildman–Crippen LogP) is 4.87. The van der Waals surface area contributed by atoms with Crippen LogP contribution in [0.1, 0.15) is 32.4 Å². The Balaban J connectivity index is 0.00000201. The van der Waals surface area contributed by atoms with E-state index in [0.29, 0.717) is 23.0 Å². The molecule has 0 saturated heterocycles. The van der Waals surface area contributed by atoms with Crippen LogP contribution in [0.25, 0.3) is 0 Å². The van der Waals surface area contributed by atoms with Crippen LogP contribution in [0.3, 0.4) is 0 Å². The molecule has 0 saturated carbocycles. The Morgan fingerprint density at radius 2 is 1.19 bits per heavy atom. The van der Waals surface area contributed by atoms with Gasteiger partial charge in [0.2, 0.25) is 5.75 Å². The Labute approximate surface area is 157 Å². The molecule has 26 heavy (non-hydrogen) atoms. The minimum Gasteiger partial charge on any atom is -0.504 e. The van der Waals surface area contributed by atoms with Gasteiger partial charge in [0.1, 0.15) is 0 Å². The second-order valence-electron chi connectivity index (χ2n) is 5.04. The molecule has 0 fully saturated rings. The molecule has 146 valence electrons. The van der Waals surface area contributed by atoms with E-state index in [1.807, 2.05) is 32.0 Å². The fourth-order valence-electron chi connectivity index (χ4n) is 2.46. The molecule has 5 heteroatoms. The second-order valence-corrected chi connectivity index (χ2v) is 5.04. The molecule has 2 aromatic carbocycles. The standard InChI is InChI=1S/C18H22O5.C2H6.CH4/c1-20-15-8-7-12(9-14(15)19)5-6-13-10-16(21-2)18(23-4)17(11-13)22-3;1-2;/h7-11,19H,5-6H2,1-4H3;1-2H3;1H4. The molecule has 2 aromatic rings. The summed E-state index contributed by atoms with van der Waals surface area (Å²) in [6.07, 6.45) is 1.55. The maximum absolute atomic E-state index is 9.84. The maximum Gasteiger partial charge on any atom is 0.203 e. The zero-order chi connectivity index (χ0) is 18.8. The van der Waals surface area contributed by atoms with Gasteiger partial charge >= 0.3 is 0 Å². The smallest absolute Gasteiger partial charge is 0.203 e. The van der Waals surface area contributed by atoms with Gasteiger partial charge in [0.15, 0.2) is 23.0 Å². The van der Waals surface area contributed by atoms with Gasteiger partial charge in [-0.1, -0.05) is 27.3 Å². The highest BCUT2D eigenvalue weighted by Gasteiger charge is 2.13. The summed E-state index contributed by atoms with van der Waals surface area (Å²) in [4.78, 5) is 0. The summed E-state index contributed by atoms with van der Waals surface area (Å²) in [5.74, 6) is 2.48. The lowest BCUT2D eigenvalue weighted by atomic mass is 10.0. The van der Waals surface area contributed by atoms with E-state index in [4.69, 9.17) is 18.9 Å². The molecule has 0 unspecified atom stereocenters. The van der Waals surface area contributed by atoms with Crippen LogP contribution < -0.4 is 18.9 Å². The van der Waals surface area contributed by atoms with Crippen molar-refractivity contribution in [1.29, 1.82) is 0 Å². The number of methoxy groups -OCH3 is 4. The molecule has 0 radical (unpaired) electrons. The summed E-state index contributed by atoms with van der Waals surface area (Å²) in [5.41, 5.74) is 2.09. The first-order chi connectivity index (χ1) is 12.1. The van der Waals surface area contributed by atoms with E-state index in [1.165, 1.54) is 7.11 Å². The van der Waals surface area contributed by atoms with Crippen molar-refractivity contribution in [3.8, 4) is 28.7 Å². The number of hydrogen-bond donors (Lipinski definition) is 1. The molecule has 2 rings (SSSR count). The fraction of sp³-hybridized carbons (Fsp3) is 0.429. The van der Waals surface area contributed by atoms with Gasteiger partial charge in [0, 0.05) is 0 Å². The summed E-state index contributed by atoms with van der Waals surface area (Å²) >= 11 is 0. The molecule has 0 aliphatic heterocycles. The first kappa shape index (κ1) is 23.4. The van der Waals surface area contributed by atoms with Gasteiger partial charge in [-0.05, 0) is 48.2 Å². The number of hydrogen-bond acceptors (Lipinski definition) is 5. The quantitative estimate of drug-likeness (QED) is 0.759. The molecule has 0 heterocycles. The zero-order valence-corrected chi connectivity index (χ0v) is 15.9. The molecular formula is C21H32O5. The molecule has 0 aromatic heterocycles. The van der Waals surface area contributed by atoms with Crippen LogP contribution in [-0.2, 0) is 12.8 Å². The molecule has 0 spiro atoms. The van der Waals surface area contributed by atoms with Gasteiger partial charge in [-0.2, -0.15) is 0 Å². The average molecular weight is 364 g/mol. The number of ether oxygens (including phenoxy) is 4. The van der Waals surface area contributed by atoms with Gasteiger partial charge in [-0.3, -0.25) is 0 Å². The van der Waals surface area contributed by atoms with Crippen molar-refractivity contribution < 1.29 is 24.1 Å². The Morgan fingerprint density at radius 3 is 1.62 bits per heavy atom. The lowest BCUT2D eigenvalue weighted by Crippen LogP contribution is -1.98. The average Bonchev–Trinajstić information content (AvgIpc) is 2.67. The zero-order valence-electron chi connectivity index (χ0n) is 15.9. The van der Waals surface area contributed by atoms with Crippen molar-refractivity contribution in [2.45, 2.75) is 34.1 Å². The van der Waals surface area contributed by atoms with E-state index in [1.54, 1.807) is 33.5 Å². The van der Waals surface area contributed by atoms with Crippen molar-refractivity contribution in [3.05, 3.63) is 41.5 Å². The van der Waals surface area contributed by atoms with Crippen molar-refractivity contribution in [2.75, 3.05) is 28.4 Å². The van der Waals surface area contributed by atoms with Crippen molar-refractivity contribution in [3.63, 3.8) is 0 Å². The fourth-order valence-corrected chi connectivity index (χ4v) is 2.46. The number of aryl methyl sites for hydroxylation is 2. The summed E-state index contributed by atoms with van der Waals surface area (Å²) in [7, 11) is 6.32. The Kier molecular flexibility index (Phi) is 10.7. The van der Waals surface area contributed by atoms with Crippen LogP contribution in [0.2, 0.25) is 0 Å². The first-order valence-electron chi connectivity index (χ1n) is 8.27. The number of aromatic hydroxyl groups is 1. The van der Waals surface area contributed by atoms with Gasteiger partial charge in [0.05, 0.1) is 28.4 Å². The second kappa shape index (κ2) is 11.9. The largest absolute Gasteiger partial charge is 0.504 e. The van der Waals surface area contributed by atoms with E-state index in [9.17, 15) is 5.11 Å². The highest BCUT2D eigenvalue weighted by Crippen LogP contribution is 2.38. The Hall–Kier alpha value is -2.56. The highest BCUT2D eigenvalue weighted by molar-refractivity contribution is 5.54. The van der Waals surface area contributed by atoms with E-state index >= 15 is 0 Å². The van der Waals surface area contributed by atoms with Gasteiger partial charge in [-0.15, -0.1) is 0 Å². The number of rotatable bonds is 7. The first-order valence-corrected chi connectivity index (χ1v) is 8.27. The maximum atomic E-state index is 9.84. The predicted molar refractivity (Wildman–Crippen MR) is 106 cm³/mol. The molecule has 0 amide bonds. The van der Waals surface area contributed by atoms with E-state index in [0.717, 1.165) is 24.0 Å². The van der Waals surface area contributed by atoms with Crippen molar-refractivity contribution in [2.24, 2.45) is 0 Å². The van der Waals surface area contributed by atoms with Crippen LogP contribution in [0.15, 0.2) is 30.3 Å². The van der Waals surface area contributed by atoms with Gasteiger partial charge in [-0.25, -0.2) is 0 Å². The summed E-state index contributed by atoms with van der Waals surface area (Å²) in [6.45, 7) is 4.00. The van der Waals surface area contributed by atoms with E-state index < -0.39 is 0 Å². The SMILES string of the molecule is C.CC.COc1ccc(CCc2cc(OC)c(OC)c(OC)c2)cc1O. The van der Waals surface area contributed by atoms with Crippen molar-refractivity contribution >= 4 is 0 Å². The molecule has 0 aliphatic carbocycles. The number of benzene rings is 2. The molecule has 0 atom stereocenters.